The van der Waals surface area contributed by atoms with E-state index >= 15 is 0 Å². The highest BCUT2D eigenvalue weighted by atomic mass is 32.1. The van der Waals surface area contributed by atoms with Crippen molar-refractivity contribution in [2.75, 3.05) is 4.90 Å². The van der Waals surface area contributed by atoms with Gasteiger partial charge in [0, 0.05) is 36.9 Å². The van der Waals surface area contributed by atoms with Gasteiger partial charge in [-0.3, -0.25) is 0 Å². The first-order valence-corrected chi connectivity index (χ1v) is 16.5. The summed E-state index contributed by atoms with van der Waals surface area (Å²) in [6.45, 7) is 0. The lowest BCUT2D eigenvalue weighted by Crippen LogP contribution is -2.10. The Morgan fingerprint density at radius 1 is 0.326 bits per heavy atom. The van der Waals surface area contributed by atoms with Gasteiger partial charge in [-0.2, -0.15) is 0 Å². The van der Waals surface area contributed by atoms with Crippen molar-refractivity contribution in [2.24, 2.45) is 0 Å². The van der Waals surface area contributed by atoms with Gasteiger partial charge < -0.3 is 4.90 Å². The molecule has 1 aromatic heterocycles. The standard InChI is InChI=1S/C44H29NS/c1-3-11-30(12-4-1)32-19-22-35(23-20-32)45(36-24-26-40-39-17-9-10-18-43(39)46-44(40)29-36)42-28-34-15-7-8-16-37(34)38-25-21-33(27-41(38)42)31-13-5-2-6-14-31/h1-29H. The Morgan fingerprint density at radius 3 is 1.67 bits per heavy atom. The van der Waals surface area contributed by atoms with Crippen LogP contribution in [-0.4, -0.2) is 0 Å². The van der Waals surface area contributed by atoms with Crippen molar-refractivity contribution in [3.8, 4) is 22.3 Å². The van der Waals surface area contributed by atoms with Gasteiger partial charge in [0.15, 0.2) is 0 Å². The van der Waals surface area contributed by atoms with Gasteiger partial charge in [0.2, 0.25) is 0 Å². The maximum Gasteiger partial charge on any atom is 0.0546 e. The van der Waals surface area contributed by atoms with Crippen molar-refractivity contribution in [2.45, 2.75) is 0 Å². The zero-order valence-corrected chi connectivity index (χ0v) is 25.9. The molecule has 0 aliphatic heterocycles. The molecule has 46 heavy (non-hydrogen) atoms. The molecule has 1 nitrogen and oxygen atoms in total. The number of hydrogen-bond donors (Lipinski definition) is 0. The van der Waals surface area contributed by atoms with Crippen LogP contribution in [0.1, 0.15) is 0 Å². The lowest BCUT2D eigenvalue weighted by molar-refractivity contribution is 1.31. The molecule has 2 heteroatoms. The lowest BCUT2D eigenvalue weighted by Gasteiger charge is -2.28. The van der Waals surface area contributed by atoms with Crippen LogP contribution in [-0.2, 0) is 0 Å². The third-order valence-corrected chi connectivity index (χ3v) is 10.2. The summed E-state index contributed by atoms with van der Waals surface area (Å²) < 4.78 is 2.61. The minimum Gasteiger partial charge on any atom is -0.310 e. The van der Waals surface area contributed by atoms with Gasteiger partial charge in [-0.05, 0) is 80.9 Å². The second kappa shape index (κ2) is 11.0. The van der Waals surface area contributed by atoms with Gasteiger partial charge >= 0.3 is 0 Å². The third-order valence-electron chi connectivity index (χ3n) is 9.04. The highest BCUT2D eigenvalue weighted by Crippen LogP contribution is 2.45. The van der Waals surface area contributed by atoms with Gasteiger partial charge in [-0.15, -0.1) is 11.3 Å². The maximum absolute atomic E-state index is 2.45. The van der Waals surface area contributed by atoms with Crippen molar-refractivity contribution in [3.05, 3.63) is 176 Å². The highest BCUT2D eigenvalue weighted by molar-refractivity contribution is 7.25. The van der Waals surface area contributed by atoms with Crippen molar-refractivity contribution >= 4 is 70.1 Å². The van der Waals surface area contributed by atoms with Crippen LogP contribution in [0.3, 0.4) is 0 Å². The maximum atomic E-state index is 2.45. The summed E-state index contributed by atoms with van der Waals surface area (Å²) in [7, 11) is 0. The summed E-state index contributed by atoms with van der Waals surface area (Å²) in [5.41, 5.74) is 8.29. The van der Waals surface area contributed by atoms with Crippen molar-refractivity contribution < 1.29 is 0 Å². The number of rotatable bonds is 5. The Balaban J connectivity index is 1.32. The molecule has 0 unspecified atom stereocenters. The molecule has 216 valence electrons. The molecule has 0 saturated carbocycles. The van der Waals surface area contributed by atoms with Gasteiger partial charge in [-0.1, -0.05) is 133 Å². The molecule has 0 amide bonds. The number of nitrogens with zero attached hydrogens (tertiary/aromatic N) is 1. The van der Waals surface area contributed by atoms with Gasteiger partial charge in [0.1, 0.15) is 0 Å². The molecule has 0 fully saturated rings. The number of fused-ring (bicyclic) bond motifs is 6. The molecule has 0 bridgehead atoms. The number of anilines is 3. The van der Waals surface area contributed by atoms with Gasteiger partial charge in [-0.25, -0.2) is 0 Å². The van der Waals surface area contributed by atoms with E-state index in [-0.39, 0.29) is 0 Å². The molecule has 0 radical (unpaired) electrons. The van der Waals surface area contributed by atoms with E-state index in [9.17, 15) is 0 Å². The molecule has 0 saturated heterocycles. The number of hydrogen-bond acceptors (Lipinski definition) is 2. The molecule has 0 aliphatic rings. The molecular formula is C44H29NS. The Kier molecular flexibility index (Phi) is 6.40. The van der Waals surface area contributed by atoms with Crippen molar-refractivity contribution in [3.63, 3.8) is 0 Å². The third kappa shape index (κ3) is 4.54. The van der Waals surface area contributed by atoms with Gasteiger partial charge in [0.25, 0.3) is 0 Å². The predicted molar refractivity (Wildman–Crippen MR) is 200 cm³/mol. The Morgan fingerprint density at radius 2 is 0.891 bits per heavy atom. The fraction of sp³-hybridized carbons (Fsp3) is 0. The Bertz CT molecular complexity index is 2510. The van der Waals surface area contributed by atoms with Crippen molar-refractivity contribution in [1.29, 1.82) is 0 Å². The number of benzene rings is 8. The first-order valence-electron chi connectivity index (χ1n) is 15.7. The molecule has 0 N–H and O–H groups in total. The second-order valence-corrected chi connectivity index (χ2v) is 12.9. The smallest absolute Gasteiger partial charge is 0.0546 e. The topological polar surface area (TPSA) is 3.24 Å². The largest absolute Gasteiger partial charge is 0.310 e. The van der Waals surface area contributed by atoms with E-state index in [0.29, 0.717) is 0 Å². The zero-order chi connectivity index (χ0) is 30.5. The minimum atomic E-state index is 1.13. The summed E-state index contributed by atoms with van der Waals surface area (Å²) in [5.74, 6) is 0. The molecule has 9 rings (SSSR count). The van der Waals surface area contributed by atoms with Gasteiger partial charge in [0.05, 0.1) is 5.69 Å². The summed E-state index contributed by atoms with van der Waals surface area (Å²) >= 11 is 1.86. The molecule has 0 atom stereocenters. The van der Waals surface area contributed by atoms with Crippen LogP contribution >= 0.6 is 11.3 Å². The fourth-order valence-electron chi connectivity index (χ4n) is 6.79. The predicted octanol–water partition coefficient (Wildman–Crippen LogP) is 13.2. The molecular weight excluding hydrogens is 575 g/mol. The van der Waals surface area contributed by atoms with E-state index < -0.39 is 0 Å². The molecule has 0 spiro atoms. The van der Waals surface area contributed by atoms with Crippen LogP contribution in [0.2, 0.25) is 0 Å². The lowest BCUT2D eigenvalue weighted by atomic mass is 9.95. The number of thiophene rings is 1. The van der Waals surface area contributed by atoms with Crippen LogP contribution in [0.25, 0.3) is 64.0 Å². The normalized spacial score (nSPS) is 11.5. The summed E-state index contributed by atoms with van der Waals surface area (Å²) in [6, 6.07) is 64.0. The molecule has 9 aromatic rings. The van der Waals surface area contributed by atoms with Crippen LogP contribution in [0.5, 0.6) is 0 Å². The first kappa shape index (κ1) is 26.7. The summed E-state index contributed by atoms with van der Waals surface area (Å²) in [4.78, 5) is 2.45. The van der Waals surface area contributed by atoms with E-state index in [4.69, 9.17) is 0 Å². The first-order chi connectivity index (χ1) is 22.8. The Labute approximate surface area is 272 Å². The fourth-order valence-corrected chi connectivity index (χ4v) is 7.93. The van der Waals surface area contributed by atoms with Crippen LogP contribution in [0, 0.1) is 0 Å². The average molecular weight is 604 g/mol. The van der Waals surface area contributed by atoms with E-state index in [1.165, 1.54) is 69.7 Å². The van der Waals surface area contributed by atoms with Crippen LogP contribution < -0.4 is 4.90 Å². The van der Waals surface area contributed by atoms with Crippen LogP contribution in [0.4, 0.5) is 17.1 Å². The molecule has 0 aliphatic carbocycles. The zero-order valence-electron chi connectivity index (χ0n) is 25.1. The summed E-state index contributed by atoms with van der Waals surface area (Å²) in [6.07, 6.45) is 0. The molecule has 8 aromatic carbocycles. The summed E-state index contributed by atoms with van der Waals surface area (Å²) in [5, 5.41) is 7.59. The molecule has 1 heterocycles. The average Bonchev–Trinajstić information content (AvgIpc) is 3.51. The van der Waals surface area contributed by atoms with E-state index in [0.717, 1.165) is 11.4 Å². The quantitative estimate of drug-likeness (QED) is 0.177. The highest BCUT2D eigenvalue weighted by Gasteiger charge is 2.19. The van der Waals surface area contributed by atoms with Crippen LogP contribution in [0.15, 0.2) is 176 Å². The SMILES string of the molecule is c1ccc(-c2ccc(N(c3ccc4c(c3)sc3ccccc34)c3cc4ccccc4c4ccc(-c5ccccc5)cc34)cc2)cc1. The monoisotopic (exact) mass is 603 g/mol. The van der Waals surface area contributed by atoms with E-state index in [1.807, 2.05) is 11.3 Å². The van der Waals surface area contributed by atoms with E-state index in [1.54, 1.807) is 0 Å². The Hall–Kier alpha value is -5.70. The second-order valence-electron chi connectivity index (χ2n) is 11.8. The minimum absolute atomic E-state index is 1.13. The van der Waals surface area contributed by atoms with Crippen molar-refractivity contribution in [1.82, 2.24) is 0 Å². The van der Waals surface area contributed by atoms with E-state index in [2.05, 4.69) is 181 Å².